The summed E-state index contributed by atoms with van der Waals surface area (Å²) in [6, 6.07) is 5.61. The molecule has 1 aromatic carbocycles. The van der Waals surface area contributed by atoms with Gasteiger partial charge in [-0.25, -0.2) is 4.39 Å². The molecule has 4 nitrogen and oxygen atoms in total. The molecule has 0 radical (unpaired) electrons. The summed E-state index contributed by atoms with van der Waals surface area (Å²) in [5.41, 5.74) is 0.544. The number of amides is 2. The minimum absolute atomic E-state index is 0.00762. The summed E-state index contributed by atoms with van der Waals surface area (Å²) in [6.07, 6.45) is 2.14. The molecule has 1 saturated heterocycles. The van der Waals surface area contributed by atoms with Crippen LogP contribution < -0.4 is 4.90 Å². The average Bonchev–Trinajstić information content (AvgIpc) is 2.45. The van der Waals surface area contributed by atoms with Crippen LogP contribution in [0.15, 0.2) is 24.3 Å². The van der Waals surface area contributed by atoms with Crippen molar-refractivity contribution in [3.05, 3.63) is 30.1 Å². The summed E-state index contributed by atoms with van der Waals surface area (Å²) >= 11 is 0. The van der Waals surface area contributed by atoms with E-state index in [1.54, 1.807) is 0 Å². The van der Waals surface area contributed by atoms with Gasteiger partial charge in [0.25, 0.3) is 0 Å². The predicted molar refractivity (Wildman–Crippen MR) is 79.4 cm³/mol. The fraction of sp³-hybridized carbons (Fsp3) is 0.500. The first-order valence-corrected chi connectivity index (χ1v) is 7.29. The molecule has 1 unspecified atom stereocenters. The van der Waals surface area contributed by atoms with Crippen LogP contribution in [0.5, 0.6) is 0 Å². The summed E-state index contributed by atoms with van der Waals surface area (Å²) in [7, 11) is 0. The van der Waals surface area contributed by atoms with Crippen molar-refractivity contribution in [3.63, 3.8) is 0 Å². The average molecular weight is 292 g/mol. The lowest BCUT2D eigenvalue weighted by Gasteiger charge is -2.32. The lowest BCUT2D eigenvalue weighted by atomic mass is 10.0. The van der Waals surface area contributed by atoms with E-state index in [1.165, 1.54) is 36.1 Å². The van der Waals surface area contributed by atoms with Crippen molar-refractivity contribution >= 4 is 17.5 Å². The molecule has 1 atom stereocenters. The predicted octanol–water partition coefficient (Wildman–Crippen LogP) is 2.44. The van der Waals surface area contributed by atoms with E-state index in [0.717, 1.165) is 25.9 Å². The van der Waals surface area contributed by atoms with Crippen molar-refractivity contribution in [1.29, 1.82) is 0 Å². The quantitative estimate of drug-likeness (QED) is 0.858. The number of likely N-dealkylation sites (tertiary alicyclic amines) is 1. The van der Waals surface area contributed by atoms with Gasteiger partial charge in [-0.15, -0.1) is 0 Å². The lowest BCUT2D eigenvalue weighted by Crippen LogP contribution is -2.46. The Kier molecular flexibility index (Phi) is 4.94. The van der Waals surface area contributed by atoms with Gasteiger partial charge in [0, 0.05) is 25.7 Å². The van der Waals surface area contributed by atoms with Gasteiger partial charge in [-0.2, -0.15) is 0 Å². The van der Waals surface area contributed by atoms with Gasteiger partial charge in [0.1, 0.15) is 12.4 Å². The molecule has 1 aromatic rings. The van der Waals surface area contributed by atoms with Gasteiger partial charge in [0.2, 0.25) is 11.8 Å². The van der Waals surface area contributed by atoms with Crippen LogP contribution in [-0.2, 0) is 9.59 Å². The molecule has 0 aliphatic carbocycles. The molecule has 0 spiro atoms. The van der Waals surface area contributed by atoms with Gasteiger partial charge >= 0.3 is 0 Å². The second kappa shape index (κ2) is 6.70. The Morgan fingerprint density at radius 1 is 1.33 bits per heavy atom. The maximum absolute atomic E-state index is 13.0. The highest BCUT2D eigenvalue weighted by molar-refractivity contribution is 5.97. The van der Waals surface area contributed by atoms with Crippen molar-refractivity contribution in [2.45, 2.75) is 26.7 Å². The Hall–Kier alpha value is -1.91. The third-order valence-electron chi connectivity index (χ3n) is 3.82. The zero-order chi connectivity index (χ0) is 15.4. The summed E-state index contributed by atoms with van der Waals surface area (Å²) in [6.45, 7) is 5.04. The van der Waals surface area contributed by atoms with Crippen molar-refractivity contribution in [3.8, 4) is 0 Å². The van der Waals surface area contributed by atoms with Crippen molar-refractivity contribution in [2.75, 3.05) is 24.5 Å². The molecule has 5 heteroatoms. The molecular weight excluding hydrogens is 271 g/mol. The Labute approximate surface area is 124 Å². The fourth-order valence-electron chi connectivity index (χ4n) is 2.66. The normalized spacial score (nSPS) is 18.4. The minimum atomic E-state index is -0.363. The van der Waals surface area contributed by atoms with Gasteiger partial charge in [-0.05, 0) is 43.0 Å². The van der Waals surface area contributed by atoms with Gasteiger partial charge < -0.3 is 9.80 Å². The molecule has 114 valence electrons. The van der Waals surface area contributed by atoms with E-state index < -0.39 is 0 Å². The highest BCUT2D eigenvalue weighted by atomic mass is 19.1. The highest BCUT2D eigenvalue weighted by Crippen LogP contribution is 2.18. The van der Waals surface area contributed by atoms with Crippen LogP contribution in [0.1, 0.15) is 26.7 Å². The van der Waals surface area contributed by atoms with E-state index in [2.05, 4.69) is 6.92 Å². The largest absolute Gasteiger partial charge is 0.341 e. The van der Waals surface area contributed by atoms with Gasteiger partial charge in [0.15, 0.2) is 0 Å². The zero-order valence-electron chi connectivity index (χ0n) is 12.5. The first kappa shape index (κ1) is 15.5. The number of hydrogen-bond donors (Lipinski definition) is 0. The Bertz CT molecular complexity index is 516. The Balaban J connectivity index is 2.07. The molecule has 1 fully saturated rings. The fourth-order valence-corrected chi connectivity index (χ4v) is 2.66. The number of carbonyl (C=O) groups is 2. The van der Waals surface area contributed by atoms with Crippen LogP contribution in [0, 0.1) is 11.7 Å². The summed E-state index contributed by atoms with van der Waals surface area (Å²) in [4.78, 5) is 27.3. The smallest absolute Gasteiger partial charge is 0.242 e. The molecule has 0 saturated carbocycles. The maximum Gasteiger partial charge on any atom is 0.242 e. The molecule has 1 aliphatic heterocycles. The van der Waals surface area contributed by atoms with Crippen LogP contribution in [0.25, 0.3) is 0 Å². The van der Waals surface area contributed by atoms with E-state index in [1.807, 2.05) is 4.90 Å². The van der Waals surface area contributed by atoms with E-state index in [4.69, 9.17) is 0 Å². The van der Waals surface area contributed by atoms with Crippen LogP contribution >= 0.6 is 0 Å². The number of piperidine rings is 1. The first-order chi connectivity index (χ1) is 9.97. The molecular formula is C16H21FN2O2. The van der Waals surface area contributed by atoms with Gasteiger partial charge in [0.05, 0.1) is 0 Å². The minimum Gasteiger partial charge on any atom is -0.341 e. The second-order valence-electron chi connectivity index (χ2n) is 5.67. The number of carbonyl (C=O) groups excluding carboxylic acids is 2. The number of nitrogens with zero attached hydrogens (tertiary/aromatic N) is 2. The third-order valence-corrected chi connectivity index (χ3v) is 3.82. The Morgan fingerprint density at radius 3 is 2.57 bits per heavy atom. The summed E-state index contributed by atoms with van der Waals surface area (Å²) in [5.74, 6) is -0.140. The van der Waals surface area contributed by atoms with Crippen LogP contribution in [-0.4, -0.2) is 36.3 Å². The molecule has 0 aromatic heterocycles. The molecule has 2 rings (SSSR count). The molecule has 21 heavy (non-hydrogen) atoms. The molecule has 0 N–H and O–H groups in total. The number of hydrogen-bond acceptors (Lipinski definition) is 2. The molecule has 2 amide bonds. The molecule has 1 heterocycles. The number of anilines is 1. The monoisotopic (exact) mass is 292 g/mol. The summed E-state index contributed by atoms with van der Waals surface area (Å²) < 4.78 is 13.0. The highest BCUT2D eigenvalue weighted by Gasteiger charge is 2.24. The molecule has 0 bridgehead atoms. The Morgan fingerprint density at radius 2 is 2.00 bits per heavy atom. The van der Waals surface area contributed by atoms with Crippen LogP contribution in [0.4, 0.5) is 10.1 Å². The van der Waals surface area contributed by atoms with Crippen molar-refractivity contribution < 1.29 is 14.0 Å². The summed E-state index contributed by atoms with van der Waals surface area (Å²) in [5, 5.41) is 0. The van der Waals surface area contributed by atoms with E-state index >= 15 is 0 Å². The first-order valence-electron chi connectivity index (χ1n) is 7.29. The molecule has 1 aliphatic rings. The van der Waals surface area contributed by atoms with Crippen LogP contribution in [0.2, 0.25) is 0 Å². The van der Waals surface area contributed by atoms with Crippen LogP contribution in [0.3, 0.4) is 0 Å². The number of halogens is 1. The number of benzene rings is 1. The van der Waals surface area contributed by atoms with E-state index in [0.29, 0.717) is 11.6 Å². The zero-order valence-corrected chi connectivity index (χ0v) is 12.5. The van der Waals surface area contributed by atoms with Crippen molar-refractivity contribution in [2.24, 2.45) is 5.92 Å². The van der Waals surface area contributed by atoms with Crippen molar-refractivity contribution in [1.82, 2.24) is 4.90 Å². The number of rotatable bonds is 3. The third kappa shape index (κ3) is 4.03. The second-order valence-corrected chi connectivity index (χ2v) is 5.67. The van der Waals surface area contributed by atoms with Gasteiger partial charge in [-0.1, -0.05) is 6.92 Å². The standard InChI is InChI=1S/C16H21FN2O2/c1-12-4-3-9-18(10-12)16(21)11-19(13(2)20)15-7-5-14(17)6-8-15/h5-8,12H,3-4,9-11H2,1-2H3. The van der Waals surface area contributed by atoms with E-state index in [-0.39, 0.29) is 24.2 Å². The lowest BCUT2D eigenvalue weighted by molar-refractivity contribution is -0.132. The topological polar surface area (TPSA) is 40.6 Å². The SMILES string of the molecule is CC(=O)N(CC(=O)N1CCCC(C)C1)c1ccc(F)cc1. The maximum atomic E-state index is 13.0. The van der Waals surface area contributed by atoms with E-state index in [9.17, 15) is 14.0 Å². The van der Waals surface area contributed by atoms with Gasteiger partial charge in [-0.3, -0.25) is 9.59 Å².